The van der Waals surface area contributed by atoms with E-state index < -0.39 is 11.6 Å². The van der Waals surface area contributed by atoms with Crippen LogP contribution in [-0.2, 0) is 0 Å². The van der Waals surface area contributed by atoms with E-state index in [1.807, 2.05) is 24.1 Å². The van der Waals surface area contributed by atoms with Gasteiger partial charge in [0.2, 0.25) is 0 Å². The number of likely N-dealkylation sites (N-methyl/N-ethyl adjacent to an activating group) is 1. The molecular weight excluding hydrogens is 280 g/mol. The molecule has 0 radical (unpaired) electrons. The summed E-state index contributed by atoms with van der Waals surface area (Å²) in [7, 11) is 1.94. The standard InChI is InChI=1S/C19H23F2N/c1-15(16-9-10-17(20)18(21)13-16)14-22(5)12-8-6-7-11-19(2,3)4/h6,8-10,13H,1,12,14H2,2-5H3. The van der Waals surface area contributed by atoms with Crippen LogP contribution < -0.4 is 0 Å². The molecule has 0 aromatic heterocycles. The monoisotopic (exact) mass is 303 g/mol. The van der Waals surface area contributed by atoms with Crippen LogP contribution in [0.3, 0.4) is 0 Å². The fraction of sp³-hybridized carbons (Fsp3) is 0.368. The van der Waals surface area contributed by atoms with Crippen LogP contribution in [0.1, 0.15) is 26.3 Å². The van der Waals surface area contributed by atoms with Crippen LogP contribution in [0.2, 0.25) is 0 Å². The molecule has 1 nitrogen and oxygen atoms in total. The maximum Gasteiger partial charge on any atom is 0.159 e. The molecule has 3 heteroatoms. The van der Waals surface area contributed by atoms with Crippen molar-refractivity contribution in [3.05, 3.63) is 54.1 Å². The second kappa shape index (κ2) is 7.91. The predicted molar refractivity (Wildman–Crippen MR) is 89.3 cm³/mol. The minimum atomic E-state index is -0.848. The lowest BCUT2D eigenvalue weighted by molar-refractivity contribution is 0.418. The van der Waals surface area contributed by atoms with Gasteiger partial charge in [0.05, 0.1) is 0 Å². The van der Waals surface area contributed by atoms with Crippen LogP contribution in [0.15, 0.2) is 36.9 Å². The third-order valence-corrected chi connectivity index (χ3v) is 2.85. The van der Waals surface area contributed by atoms with E-state index in [0.717, 1.165) is 11.6 Å². The highest BCUT2D eigenvalue weighted by Crippen LogP contribution is 2.16. The van der Waals surface area contributed by atoms with Crippen molar-refractivity contribution in [1.82, 2.24) is 4.90 Å². The Kier molecular flexibility index (Phi) is 6.52. The lowest BCUT2D eigenvalue weighted by atomic mass is 9.98. The van der Waals surface area contributed by atoms with Gasteiger partial charge < -0.3 is 0 Å². The summed E-state index contributed by atoms with van der Waals surface area (Å²) in [4.78, 5) is 2.03. The maximum absolute atomic E-state index is 13.2. The van der Waals surface area contributed by atoms with Crippen LogP contribution in [0.5, 0.6) is 0 Å². The molecule has 0 aliphatic heterocycles. The minimum absolute atomic E-state index is 0.00279. The van der Waals surface area contributed by atoms with E-state index in [1.165, 1.54) is 6.07 Å². The number of nitrogens with zero attached hydrogens (tertiary/aromatic N) is 1. The minimum Gasteiger partial charge on any atom is -0.298 e. The largest absolute Gasteiger partial charge is 0.298 e. The number of allylic oxidation sites excluding steroid dienone is 1. The molecule has 0 spiro atoms. The van der Waals surface area contributed by atoms with Crippen molar-refractivity contribution < 1.29 is 8.78 Å². The number of hydrogen-bond acceptors (Lipinski definition) is 1. The summed E-state index contributed by atoms with van der Waals surface area (Å²) in [6.07, 6.45) is 3.80. The molecule has 0 bridgehead atoms. The summed E-state index contributed by atoms with van der Waals surface area (Å²) in [5.41, 5.74) is 1.36. The molecular formula is C19H23F2N. The lowest BCUT2D eigenvalue weighted by Gasteiger charge is -2.16. The first-order valence-corrected chi connectivity index (χ1v) is 7.18. The van der Waals surface area contributed by atoms with E-state index in [-0.39, 0.29) is 5.41 Å². The molecule has 1 aromatic rings. The maximum atomic E-state index is 13.2. The van der Waals surface area contributed by atoms with Crippen molar-refractivity contribution in [3.8, 4) is 11.8 Å². The number of rotatable bonds is 5. The highest BCUT2D eigenvalue weighted by molar-refractivity contribution is 5.64. The second-order valence-electron chi connectivity index (χ2n) is 6.35. The molecule has 0 saturated carbocycles. The lowest BCUT2D eigenvalue weighted by Crippen LogP contribution is -2.20. The van der Waals surface area contributed by atoms with Gasteiger partial charge in [-0.2, -0.15) is 0 Å². The highest BCUT2D eigenvalue weighted by atomic mass is 19.2. The molecule has 0 aliphatic carbocycles. The molecule has 0 amide bonds. The summed E-state index contributed by atoms with van der Waals surface area (Å²) in [6.45, 7) is 11.4. The molecule has 0 fully saturated rings. The van der Waals surface area contributed by atoms with Gasteiger partial charge in [0, 0.05) is 18.5 Å². The van der Waals surface area contributed by atoms with Crippen LogP contribution in [0.25, 0.3) is 5.57 Å². The Balaban J connectivity index is 2.52. The molecule has 1 rings (SSSR count). The third-order valence-electron chi connectivity index (χ3n) is 2.85. The van der Waals surface area contributed by atoms with E-state index in [2.05, 4.69) is 39.2 Å². The van der Waals surface area contributed by atoms with Gasteiger partial charge in [-0.15, -0.1) is 0 Å². The number of hydrogen-bond donors (Lipinski definition) is 0. The van der Waals surface area contributed by atoms with Crippen molar-refractivity contribution in [1.29, 1.82) is 0 Å². The van der Waals surface area contributed by atoms with Gasteiger partial charge in [0.15, 0.2) is 11.6 Å². The van der Waals surface area contributed by atoms with E-state index in [0.29, 0.717) is 18.7 Å². The Morgan fingerprint density at radius 2 is 1.95 bits per heavy atom. The number of benzene rings is 1. The smallest absolute Gasteiger partial charge is 0.159 e. The first-order valence-electron chi connectivity index (χ1n) is 7.18. The molecule has 22 heavy (non-hydrogen) atoms. The Labute approximate surface area is 132 Å². The molecule has 0 saturated heterocycles. The molecule has 0 heterocycles. The summed E-state index contributed by atoms with van der Waals surface area (Å²) in [5.74, 6) is 4.44. The zero-order valence-corrected chi connectivity index (χ0v) is 13.7. The van der Waals surface area contributed by atoms with Crippen molar-refractivity contribution in [3.63, 3.8) is 0 Å². The quantitative estimate of drug-likeness (QED) is 0.723. The fourth-order valence-corrected chi connectivity index (χ4v) is 1.75. The van der Waals surface area contributed by atoms with E-state index >= 15 is 0 Å². The van der Waals surface area contributed by atoms with Gasteiger partial charge in [0.1, 0.15) is 0 Å². The molecule has 0 unspecified atom stereocenters. The summed E-state index contributed by atoms with van der Waals surface area (Å²) < 4.78 is 26.1. The van der Waals surface area contributed by atoms with Crippen LogP contribution in [0, 0.1) is 28.9 Å². The normalized spacial score (nSPS) is 11.6. The molecule has 0 aliphatic rings. The third kappa shape index (κ3) is 6.69. The zero-order chi connectivity index (χ0) is 16.8. The second-order valence-corrected chi connectivity index (χ2v) is 6.35. The molecule has 0 atom stereocenters. The molecule has 1 aromatic carbocycles. The van der Waals surface area contributed by atoms with Crippen LogP contribution in [0.4, 0.5) is 8.78 Å². The summed E-state index contributed by atoms with van der Waals surface area (Å²) >= 11 is 0. The predicted octanol–water partition coefficient (Wildman–Crippen LogP) is 4.52. The van der Waals surface area contributed by atoms with Gasteiger partial charge in [-0.25, -0.2) is 8.78 Å². The van der Waals surface area contributed by atoms with E-state index in [1.54, 1.807) is 6.07 Å². The van der Waals surface area contributed by atoms with Gasteiger partial charge in [-0.3, -0.25) is 4.90 Å². The van der Waals surface area contributed by atoms with Crippen molar-refractivity contribution >= 4 is 5.57 Å². The van der Waals surface area contributed by atoms with Crippen molar-refractivity contribution in [2.24, 2.45) is 5.41 Å². The van der Waals surface area contributed by atoms with Crippen LogP contribution >= 0.6 is 0 Å². The van der Waals surface area contributed by atoms with E-state index in [4.69, 9.17) is 0 Å². The van der Waals surface area contributed by atoms with Gasteiger partial charge in [-0.05, 0) is 57.2 Å². The average Bonchev–Trinajstić information content (AvgIpc) is 2.40. The first kappa shape index (κ1) is 18.1. The van der Waals surface area contributed by atoms with E-state index in [9.17, 15) is 8.78 Å². The topological polar surface area (TPSA) is 3.24 Å². The van der Waals surface area contributed by atoms with Crippen LogP contribution in [-0.4, -0.2) is 25.0 Å². The van der Waals surface area contributed by atoms with Gasteiger partial charge in [0.25, 0.3) is 0 Å². The van der Waals surface area contributed by atoms with Gasteiger partial charge >= 0.3 is 0 Å². The Morgan fingerprint density at radius 1 is 1.27 bits per heavy atom. The SMILES string of the molecule is C=C(CN(C)CC=CC#CC(C)(C)C)c1ccc(F)c(F)c1. The molecule has 118 valence electrons. The average molecular weight is 303 g/mol. The first-order chi connectivity index (χ1) is 10.2. The van der Waals surface area contributed by atoms with Gasteiger partial charge in [-0.1, -0.05) is 30.6 Å². The Hall–Kier alpha value is -1.92. The van der Waals surface area contributed by atoms with Crippen molar-refractivity contribution in [2.75, 3.05) is 20.1 Å². The zero-order valence-electron chi connectivity index (χ0n) is 13.7. The summed E-state index contributed by atoms with van der Waals surface area (Å²) in [5, 5.41) is 0. The number of halogens is 2. The van der Waals surface area contributed by atoms with Crippen molar-refractivity contribution in [2.45, 2.75) is 20.8 Å². The summed E-state index contributed by atoms with van der Waals surface area (Å²) in [6, 6.07) is 3.84. The highest BCUT2D eigenvalue weighted by Gasteiger charge is 2.07. The Bertz CT molecular complexity index is 613. The Morgan fingerprint density at radius 3 is 2.55 bits per heavy atom. The molecule has 0 N–H and O–H groups in total. The fourth-order valence-electron chi connectivity index (χ4n) is 1.75.